The summed E-state index contributed by atoms with van der Waals surface area (Å²) < 4.78 is 29.7. The van der Waals surface area contributed by atoms with Crippen molar-refractivity contribution in [3.8, 4) is 0 Å². The largest absolute Gasteiger partial charge is 0.461 e. The summed E-state index contributed by atoms with van der Waals surface area (Å²) in [6.07, 6.45) is 0.600. The number of piperidine rings is 1. The van der Waals surface area contributed by atoms with Crippen LogP contribution < -0.4 is 15.5 Å². The highest BCUT2D eigenvalue weighted by atomic mass is 32.1. The quantitative estimate of drug-likeness (QED) is 0.126. The molecule has 3 aromatic heterocycles. The third-order valence-corrected chi connectivity index (χ3v) is 7.99. The van der Waals surface area contributed by atoms with Crippen molar-refractivity contribution < 1.29 is 33.0 Å². The van der Waals surface area contributed by atoms with Gasteiger partial charge in [-0.15, -0.1) is 11.3 Å². The Morgan fingerprint density at radius 2 is 1.64 bits per heavy atom. The van der Waals surface area contributed by atoms with E-state index in [4.69, 9.17) is 19.2 Å². The van der Waals surface area contributed by atoms with Gasteiger partial charge in [0.15, 0.2) is 10.8 Å². The number of esters is 1. The summed E-state index contributed by atoms with van der Waals surface area (Å²) in [4.78, 5) is 55.9. The Labute approximate surface area is 327 Å². The molecule has 1 fully saturated rings. The van der Waals surface area contributed by atoms with Crippen molar-refractivity contribution >= 4 is 68.3 Å². The SMILES string of the molecule is CC(C)(C)C.CCOC(=O)c1csc(Nc2nc(N3CCC(NC(=O)OC(C)(C)C)C[C@H]3C)c3c(n2)[nH]c2ccc(F)cc23)n1.CN(C)C(=O)OC(C)(C)C. The first-order valence-electron chi connectivity index (χ1n) is 18.4. The summed E-state index contributed by atoms with van der Waals surface area (Å²) >= 11 is 1.23. The maximum Gasteiger partial charge on any atom is 0.409 e. The molecule has 3 N–H and O–H groups in total. The fourth-order valence-corrected chi connectivity index (χ4v) is 5.86. The van der Waals surface area contributed by atoms with E-state index in [1.54, 1.807) is 32.5 Å². The van der Waals surface area contributed by atoms with Crippen molar-refractivity contribution in [2.75, 3.05) is 37.5 Å². The highest BCUT2D eigenvalue weighted by Gasteiger charge is 2.31. The molecule has 4 aromatic rings. The van der Waals surface area contributed by atoms with E-state index in [0.29, 0.717) is 52.2 Å². The van der Waals surface area contributed by atoms with Crippen molar-refractivity contribution in [3.63, 3.8) is 0 Å². The number of aromatic nitrogens is 4. The zero-order valence-electron chi connectivity index (χ0n) is 34.8. The smallest absolute Gasteiger partial charge is 0.409 e. The van der Waals surface area contributed by atoms with E-state index in [1.807, 2.05) is 41.5 Å². The number of H-pyrrole nitrogens is 1. The zero-order valence-corrected chi connectivity index (χ0v) is 35.6. The molecule has 0 saturated carbocycles. The number of carbonyl (C=O) groups is 3. The number of thiazole rings is 1. The molecule has 1 aromatic carbocycles. The van der Waals surface area contributed by atoms with Gasteiger partial charge in [0.25, 0.3) is 0 Å². The second kappa shape index (κ2) is 18.3. The number of rotatable bonds is 6. The van der Waals surface area contributed by atoms with Crippen molar-refractivity contribution in [2.45, 2.75) is 119 Å². The second-order valence-electron chi connectivity index (χ2n) is 17.1. The first-order chi connectivity index (χ1) is 25.3. The van der Waals surface area contributed by atoms with E-state index < -0.39 is 17.7 Å². The number of fused-ring (bicyclic) bond motifs is 3. The van der Waals surface area contributed by atoms with Crippen LogP contribution in [0, 0.1) is 11.2 Å². The monoisotopic (exact) mass is 786 g/mol. The number of alkyl carbamates (subject to hydrolysis) is 1. The van der Waals surface area contributed by atoms with Gasteiger partial charge in [-0.1, -0.05) is 27.7 Å². The molecule has 0 aliphatic carbocycles. The number of halogens is 1. The number of carbonyl (C=O) groups excluding carboxylic acids is 3. The fourth-order valence-electron chi connectivity index (χ4n) is 5.18. The van der Waals surface area contributed by atoms with Gasteiger partial charge in [0, 0.05) is 49.0 Å². The fraction of sp³-hybridized carbons (Fsp3) is 0.590. The lowest BCUT2D eigenvalue weighted by atomic mass is 9.98. The topological polar surface area (TPSA) is 164 Å². The van der Waals surface area contributed by atoms with Crippen LogP contribution in [0.25, 0.3) is 21.9 Å². The van der Waals surface area contributed by atoms with E-state index in [0.717, 1.165) is 5.52 Å². The molecular weight excluding hydrogens is 728 g/mol. The molecule has 0 bridgehead atoms. The first-order valence-corrected chi connectivity index (χ1v) is 19.3. The number of benzene rings is 1. The minimum absolute atomic E-state index is 0.00609. The molecule has 1 aliphatic heterocycles. The number of aromatic amines is 1. The van der Waals surface area contributed by atoms with Gasteiger partial charge in [-0.3, -0.25) is 5.32 Å². The molecule has 0 spiro atoms. The molecule has 2 atom stereocenters. The van der Waals surface area contributed by atoms with Gasteiger partial charge in [0.1, 0.15) is 28.5 Å². The number of ether oxygens (including phenoxy) is 3. The molecule has 1 aliphatic rings. The minimum atomic E-state index is -0.578. The predicted octanol–water partition coefficient (Wildman–Crippen LogP) is 9.04. The van der Waals surface area contributed by atoms with Crippen molar-refractivity contribution in [1.82, 2.24) is 30.2 Å². The maximum atomic E-state index is 14.3. The molecule has 5 rings (SSSR count). The van der Waals surface area contributed by atoms with Crippen LogP contribution in [0.1, 0.15) is 106 Å². The number of anilines is 3. The van der Waals surface area contributed by atoms with Gasteiger partial charge in [0.2, 0.25) is 5.95 Å². The van der Waals surface area contributed by atoms with E-state index in [1.165, 1.54) is 28.4 Å². The van der Waals surface area contributed by atoms with Gasteiger partial charge in [0.05, 0.1) is 12.0 Å². The number of hydrogen-bond acceptors (Lipinski definition) is 12. The molecule has 1 saturated heterocycles. The lowest BCUT2D eigenvalue weighted by Crippen LogP contribution is -2.50. The van der Waals surface area contributed by atoms with Crippen LogP contribution in [0.3, 0.4) is 0 Å². The number of nitrogens with zero attached hydrogens (tertiary/aromatic N) is 5. The first kappa shape index (κ1) is 44.7. The highest BCUT2D eigenvalue weighted by Crippen LogP contribution is 2.36. The molecule has 14 nitrogen and oxygen atoms in total. The predicted molar refractivity (Wildman–Crippen MR) is 217 cm³/mol. The summed E-state index contributed by atoms with van der Waals surface area (Å²) in [5.41, 5.74) is 1.01. The minimum Gasteiger partial charge on any atom is -0.461 e. The molecule has 0 radical (unpaired) electrons. The van der Waals surface area contributed by atoms with Gasteiger partial charge >= 0.3 is 18.2 Å². The average Bonchev–Trinajstić information content (AvgIpc) is 3.63. The van der Waals surface area contributed by atoms with Crippen molar-refractivity contribution in [2.24, 2.45) is 5.41 Å². The summed E-state index contributed by atoms with van der Waals surface area (Å²) in [5.74, 6) is 0.0533. The highest BCUT2D eigenvalue weighted by molar-refractivity contribution is 7.14. The number of hydrogen-bond donors (Lipinski definition) is 3. The van der Waals surface area contributed by atoms with Crippen LogP contribution in [0.5, 0.6) is 0 Å². The second-order valence-corrected chi connectivity index (χ2v) is 17.9. The molecule has 1 unspecified atom stereocenters. The van der Waals surface area contributed by atoms with Crippen LogP contribution in [-0.2, 0) is 14.2 Å². The normalized spacial score (nSPS) is 15.9. The Hall–Kier alpha value is -4.73. The molecule has 304 valence electrons. The van der Waals surface area contributed by atoms with Crippen molar-refractivity contribution in [3.05, 3.63) is 35.1 Å². The van der Waals surface area contributed by atoms with Crippen LogP contribution in [0.15, 0.2) is 23.6 Å². The standard InChI is InChI=1S/C27H32FN7O4S.C7H15NO2.C5H12/c1-6-38-23(36)19-13-40-25(31-19)34-24-32-21-20(17-12-15(28)7-8-18(17)30-21)22(33-24)35-10-9-16(11-14(35)2)29-26(37)39-27(3,4)5;1-7(2,3)10-6(9)8(4)5;1-5(2,3)4/h7-8,12-14,16H,6,9-11H2,1-5H3,(H,29,37)(H2,30,31,32,33,34);1-5H3;1-4H3/t14-,16?;;/m1../s1. The molecule has 4 heterocycles. The summed E-state index contributed by atoms with van der Waals surface area (Å²) in [7, 11) is 3.32. The maximum absolute atomic E-state index is 14.3. The summed E-state index contributed by atoms with van der Waals surface area (Å²) in [5, 5.41) is 9.51. The molecule has 2 amide bonds. The Bertz CT molecular complexity index is 1920. The Balaban J connectivity index is 0.000000458. The third-order valence-electron chi connectivity index (χ3n) is 7.23. The van der Waals surface area contributed by atoms with Crippen LogP contribution >= 0.6 is 11.3 Å². The van der Waals surface area contributed by atoms with Crippen LogP contribution in [0.2, 0.25) is 0 Å². The van der Waals surface area contributed by atoms with E-state index in [2.05, 4.69) is 65.1 Å². The summed E-state index contributed by atoms with van der Waals surface area (Å²) in [6, 6.07) is 4.48. The number of nitrogens with one attached hydrogen (secondary N) is 3. The molecule has 55 heavy (non-hydrogen) atoms. The Kier molecular flexibility index (Phi) is 14.8. The average molecular weight is 787 g/mol. The third kappa shape index (κ3) is 14.5. The van der Waals surface area contributed by atoms with Gasteiger partial charge < -0.3 is 34.3 Å². The molecule has 16 heteroatoms. The lowest BCUT2D eigenvalue weighted by Gasteiger charge is -2.39. The Morgan fingerprint density at radius 3 is 2.18 bits per heavy atom. The van der Waals surface area contributed by atoms with Gasteiger partial charge in [-0.05, 0) is 91.8 Å². The Morgan fingerprint density at radius 1 is 1.00 bits per heavy atom. The van der Waals surface area contributed by atoms with E-state index >= 15 is 0 Å². The summed E-state index contributed by atoms with van der Waals surface area (Å²) in [6.45, 7) is 24.4. The number of amides is 2. The van der Waals surface area contributed by atoms with E-state index in [9.17, 15) is 18.8 Å². The van der Waals surface area contributed by atoms with Crippen molar-refractivity contribution in [1.29, 1.82) is 0 Å². The van der Waals surface area contributed by atoms with Crippen LogP contribution in [-0.4, -0.2) is 93.5 Å². The van der Waals surface area contributed by atoms with Gasteiger partial charge in [-0.25, -0.2) is 23.8 Å². The zero-order chi connectivity index (χ0) is 41.5. The van der Waals surface area contributed by atoms with Gasteiger partial charge in [-0.2, -0.15) is 9.97 Å². The van der Waals surface area contributed by atoms with E-state index in [-0.39, 0.29) is 47.8 Å². The molecular formula is C39H59FN8O6S. The lowest BCUT2D eigenvalue weighted by molar-refractivity contribution is 0.0339. The van der Waals surface area contributed by atoms with Crippen LogP contribution in [0.4, 0.5) is 30.9 Å².